The Hall–Kier alpha value is -4.90. The molecule has 0 saturated carbocycles. The molecule has 0 spiro atoms. The topological polar surface area (TPSA) is 115 Å². The van der Waals surface area contributed by atoms with E-state index in [1.165, 1.54) is 16.4 Å². The number of rotatable bonds is 8. The summed E-state index contributed by atoms with van der Waals surface area (Å²) in [5, 5.41) is 3.29. The third-order valence-corrected chi connectivity index (χ3v) is 9.54. The number of sulfonamides is 1. The molecule has 1 saturated heterocycles. The summed E-state index contributed by atoms with van der Waals surface area (Å²) < 4.78 is 38.3. The highest BCUT2D eigenvalue weighted by Gasteiger charge is 2.27. The first kappa shape index (κ1) is 30.1. The molecule has 1 aliphatic rings. The van der Waals surface area contributed by atoms with Crippen LogP contribution in [0, 0.1) is 6.92 Å². The van der Waals surface area contributed by atoms with E-state index >= 15 is 0 Å². The van der Waals surface area contributed by atoms with Crippen molar-refractivity contribution in [2.24, 2.45) is 0 Å². The number of hydrogen-bond acceptors (Lipinski definition) is 7. The van der Waals surface area contributed by atoms with Crippen molar-refractivity contribution in [2.75, 3.05) is 38.2 Å². The lowest BCUT2D eigenvalue weighted by atomic mass is 10.0. The zero-order chi connectivity index (χ0) is 31.4. The fraction of sp³-hybridized carbons (Fsp3) is 0.171. The second-order valence-corrected chi connectivity index (χ2v) is 12.6. The van der Waals surface area contributed by atoms with E-state index in [-0.39, 0.29) is 23.5 Å². The van der Waals surface area contributed by atoms with Crippen molar-refractivity contribution in [3.8, 4) is 22.4 Å². The Morgan fingerprint density at radius 3 is 2.27 bits per heavy atom. The molecule has 9 nitrogen and oxygen atoms in total. The summed E-state index contributed by atoms with van der Waals surface area (Å²) in [6.45, 7) is 2.38. The maximum atomic E-state index is 13.3. The SMILES string of the molecule is Cc1ccc(S(=O)(=O)N2CCOCC2)cc1NC(=O)COC(=O)c1cc(-c2ccc(-c3ccccc3)cc2)nc2ccccc12. The summed E-state index contributed by atoms with van der Waals surface area (Å²) in [5.41, 5.74) is 5.47. The van der Waals surface area contributed by atoms with Gasteiger partial charge in [0.15, 0.2) is 6.61 Å². The van der Waals surface area contributed by atoms with Crippen molar-refractivity contribution in [2.45, 2.75) is 11.8 Å². The molecule has 1 aliphatic heterocycles. The van der Waals surface area contributed by atoms with Crippen LogP contribution in [0.1, 0.15) is 15.9 Å². The highest BCUT2D eigenvalue weighted by Crippen LogP contribution is 2.28. The number of morpholine rings is 1. The summed E-state index contributed by atoms with van der Waals surface area (Å²) in [4.78, 5) is 31.1. The normalized spacial score (nSPS) is 13.8. The van der Waals surface area contributed by atoms with Crippen LogP contribution in [-0.2, 0) is 24.3 Å². The summed E-state index contributed by atoms with van der Waals surface area (Å²) in [6.07, 6.45) is 0. The molecule has 1 N–H and O–H groups in total. The second kappa shape index (κ2) is 13.0. The fourth-order valence-corrected chi connectivity index (χ4v) is 6.62. The molecule has 0 aliphatic carbocycles. The molecule has 4 aromatic carbocycles. The van der Waals surface area contributed by atoms with E-state index in [1.807, 2.05) is 72.8 Å². The predicted molar refractivity (Wildman–Crippen MR) is 172 cm³/mol. The molecule has 228 valence electrons. The first-order valence-corrected chi connectivity index (χ1v) is 15.9. The number of esters is 1. The van der Waals surface area contributed by atoms with E-state index in [2.05, 4.69) is 5.32 Å². The van der Waals surface area contributed by atoms with Gasteiger partial charge in [-0.05, 0) is 47.9 Å². The van der Waals surface area contributed by atoms with Crippen molar-refractivity contribution in [3.63, 3.8) is 0 Å². The van der Waals surface area contributed by atoms with Gasteiger partial charge in [-0.3, -0.25) is 4.79 Å². The first-order chi connectivity index (χ1) is 21.8. The molecule has 0 radical (unpaired) electrons. The summed E-state index contributed by atoms with van der Waals surface area (Å²) >= 11 is 0. The zero-order valence-electron chi connectivity index (χ0n) is 24.6. The number of benzene rings is 4. The number of fused-ring (bicyclic) bond motifs is 1. The van der Waals surface area contributed by atoms with E-state index in [9.17, 15) is 18.0 Å². The van der Waals surface area contributed by atoms with Crippen LogP contribution in [-0.4, -0.2) is 62.5 Å². The number of hydrogen-bond donors (Lipinski definition) is 1. The number of carbonyl (C=O) groups is 2. The van der Waals surface area contributed by atoms with E-state index in [1.54, 1.807) is 25.1 Å². The molecule has 1 amide bonds. The zero-order valence-corrected chi connectivity index (χ0v) is 25.4. The quantitative estimate of drug-likeness (QED) is 0.221. The smallest absolute Gasteiger partial charge is 0.339 e. The van der Waals surface area contributed by atoms with Crippen LogP contribution >= 0.6 is 0 Å². The van der Waals surface area contributed by atoms with Gasteiger partial charge in [0, 0.05) is 29.7 Å². The average molecular weight is 622 g/mol. The van der Waals surface area contributed by atoms with Crippen LogP contribution < -0.4 is 5.32 Å². The molecule has 2 heterocycles. The van der Waals surface area contributed by atoms with Gasteiger partial charge in [-0.2, -0.15) is 4.31 Å². The van der Waals surface area contributed by atoms with Gasteiger partial charge in [0.05, 0.1) is 34.9 Å². The van der Waals surface area contributed by atoms with Gasteiger partial charge in [-0.25, -0.2) is 18.2 Å². The average Bonchev–Trinajstić information content (AvgIpc) is 3.08. The number of amides is 1. The van der Waals surface area contributed by atoms with Gasteiger partial charge in [0.25, 0.3) is 5.91 Å². The second-order valence-electron chi connectivity index (χ2n) is 10.6. The van der Waals surface area contributed by atoms with Crippen LogP contribution in [0.4, 0.5) is 5.69 Å². The minimum absolute atomic E-state index is 0.0647. The maximum Gasteiger partial charge on any atom is 0.339 e. The Bertz CT molecular complexity index is 1970. The molecule has 10 heteroatoms. The molecular formula is C35H31N3O6S. The van der Waals surface area contributed by atoms with E-state index in [0.29, 0.717) is 41.1 Å². The number of anilines is 1. The third-order valence-electron chi connectivity index (χ3n) is 7.65. The first-order valence-electron chi connectivity index (χ1n) is 14.5. The molecule has 1 aromatic heterocycles. The third kappa shape index (κ3) is 6.63. The fourth-order valence-electron chi connectivity index (χ4n) is 5.18. The van der Waals surface area contributed by atoms with E-state index in [0.717, 1.165) is 16.7 Å². The maximum absolute atomic E-state index is 13.3. The van der Waals surface area contributed by atoms with Crippen LogP contribution in [0.5, 0.6) is 0 Å². The molecule has 6 rings (SSSR count). The number of ether oxygens (including phenoxy) is 2. The van der Waals surface area contributed by atoms with Gasteiger partial charge >= 0.3 is 5.97 Å². The van der Waals surface area contributed by atoms with E-state index < -0.39 is 28.5 Å². The minimum Gasteiger partial charge on any atom is -0.452 e. The van der Waals surface area contributed by atoms with Crippen LogP contribution in [0.2, 0.25) is 0 Å². The van der Waals surface area contributed by atoms with Gasteiger partial charge < -0.3 is 14.8 Å². The van der Waals surface area contributed by atoms with Crippen molar-refractivity contribution in [1.82, 2.24) is 9.29 Å². The molecule has 0 bridgehead atoms. The van der Waals surface area contributed by atoms with Crippen molar-refractivity contribution < 1.29 is 27.5 Å². The highest BCUT2D eigenvalue weighted by atomic mass is 32.2. The Morgan fingerprint density at radius 2 is 1.51 bits per heavy atom. The lowest BCUT2D eigenvalue weighted by molar-refractivity contribution is -0.119. The predicted octanol–water partition coefficient (Wildman–Crippen LogP) is 5.69. The lowest BCUT2D eigenvalue weighted by Gasteiger charge is -2.26. The minimum atomic E-state index is -3.75. The number of aromatic nitrogens is 1. The molecular weight excluding hydrogens is 590 g/mol. The largest absolute Gasteiger partial charge is 0.452 e. The highest BCUT2D eigenvalue weighted by molar-refractivity contribution is 7.89. The number of nitrogens with one attached hydrogen (secondary N) is 1. The Morgan fingerprint density at radius 1 is 0.844 bits per heavy atom. The van der Waals surface area contributed by atoms with Crippen molar-refractivity contribution in [3.05, 3.63) is 114 Å². The van der Waals surface area contributed by atoms with Gasteiger partial charge in [0.1, 0.15) is 0 Å². The molecule has 45 heavy (non-hydrogen) atoms. The molecule has 1 fully saturated rings. The summed E-state index contributed by atoms with van der Waals surface area (Å²) in [7, 11) is -3.75. The van der Waals surface area contributed by atoms with Gasteiger partial charge in [-0.1, -0.05) is 78.9 Å². The summed E-state index contributed by atoms with van der Waals surface area (Å²) in [6, 6.07) is 31.4. The Kier molecular flexibility index (Phi) is 8.70. The van der Waals surface area contributed by atoms with Gasteiger partial charge in [-0.15, -0.1) is 0 Å². The number of pyridine rings is 1. The van der Waals surface area contributed by atoms with Crippen LogP contribution in [0.15, 0.2) is 108 Å². The molecule has 5 aromatic rings. The Labute approximate surface area is 261 Å². The summed E-state index contributed by atoms with van der Waals surface area (Å²) in [5.74, 6) is -1.27. The number of aryl methyl sites for hydroxylation is 1. The number of para-hydroxylation sites is 1. The van der Waals surface area contributed by atoms with Crippen molar-refractivity contribution >= 4 is 38.5 Å². The number of nitrogens with zero attached hydrogens (tertiary/aromatic N) is 2. The van der Waals surface area contributed by atoms with Crippen molar-refractivity contribution in [1.29, 1.82) is 0 Å². The van der Waals surface area contributed by atoms with Crippen LogP contribution in [0.3, 0.4) is 0 Å². The monoisotopic (exact) mass is 621 g/mol. The van der Waals surface area contributed by atoms with Gasteiger partial charge in [0.2, 0.25) is 10.0 Å². The number of carbonyl (C=O) groups excluding carboxylic acids is 2. The van der Waals surface area contributed by atoms with E-state index in [4.69, 9.17) is 14.5 Å². The Balaban J connectivity index is 1.18. The lowest BCUT2D eigenvalue weighted by Crippen LogP contribution is -2.40. The molecule has 0 atom stereocenters. The standard InChI is InChI=1S/C35H31N3O6S/c1-24-11-16-28(45(41,42)38-17-19-43-20-18-38)21-32(24)37-34(39)23-44-35(40)30-22-33(36-31-10-6-5-9-29(30)31)27-14-12-26(13-15-27)25-7-3-2-4-8-25/h2-16,21-22H,17-20,23H2,1H3,(H,37,39). The molecule has 0 unspecified atom stereocenters. The van der Waals surface area contributed by atoms with Crippen LogP contribution in [0.25, 0.3) is 33.3 Å².